The van der Waals surface area contributed by atoms with E-state index in [-0.39, 0.29) is 5.41 Å². The molecule has 0 saturated carbocycles. The zero-order valence-electron chi connectivity index (χ0n) is 37.6. The lowest BCUT2D eigenvalue weighted by Gasteiger charge is -2.46. The largest absolute Gasteiger partial charge is 0.310 e. The van der Waals surface area contributed by atoms with E-state index in [4.69, 9.17) is 0 Å². The van der Waals surface area contributed by atoms with Gasteiger partial charge in [0.15, 0.2) is 0 Å². The van der Waals surface area contributed by atoms with Crippen LogP contribution in [0.5, 0.6) is 0 Å². The van der Waals surface area contributed by atoms with Crippen molar-refractivity contribution < 1.29 is 0 Å². The van der Waals surface area contributed by atoms with Gasteiger partial charge in [-0.05, 0) is 130 Å². The highest BCUT2D eigenvalue weighted by Crippen LogP contribution is 2.63. The van der Waals surface area contributed by atoms with E-state index in [2.05, 4.69) is 267 Å². The molecule has 1 nitrogen and oxygen atoms in total. The quantitative estimate of drug-likeness (QED) is 0.151. The summed E-state index contributed by atoms with van der Waals surface area (Å²) in [6, 6.07) is 92.4. The predicted octanol–water partition coefficient (Wildman–Crippen LogP) is 17.5. The van der Waals surface area contributed by atoms with E-state index in [0.29, 0.717) is 0 Å². The Kier molecular flexibility index (Phi) is 8.85. The Balaban J connectivity index is 0.945. The predicted molar refractivity (Wildman–Crippen MR) is 282 cm³/mol. The lowest BCUT2D eigenvalue weighted by Crippen LogP contribution is -2.40. The monoisotopic (exact) mass is 853 g/mol. The van der Waals surface area contributed by atoms with E-state index in [1.54, 1.807) is 0 Å². The number of anilines is 3. The first-order valence-electron chi connectivity index (χ1n) is 23.5. The summed E-state index contributed by atoms with van der Waals surface area (Å²) < 4.78 is 0. The van der Waals surface area contributed by atoms with E-state index < -0.39 is 5.41 Å². The topological polar surface area (TPSA) is 3.24 Å². The van der Waals surface area contributed by atoms with Crippen LogP contribution in [-0.4, -0.2) is 0 Å². The number of hydrogen-bond donors (Lipinski definition) is 0. The van der Waals surface area contributed by atoms with Crippen molar-refractivity contribution in [2.45, 2.75) is 24.7 Å². The molecular weight excluding hydrogens is 807 g/mol. The van der Waals surface area contributed by atoms with Crippen molar-refractivity contribution in [2.24, 2.45) is 0 Å². The van der Waals surface area contributed by atoms with Crippen molar-refractivity contribution in [1.82, 2.24) is 0 Å². The van der Waals surface area contributed by atoms with Crippen LogP contribution in [0.2, 0.25) is 0 Å². The molecule has 0 amide bonds. The maximum Gasteiger partial charge on any atom is 0.0719 e. The normalized spacial score (nSPS) is 13.8. The second kappa shape index (κ2) is 15.2. The maximum absolute atomic E-state index is 2.41. The van der Waals surface area contributed by atoms with Crippen LogP contribution in [0.3, 0.4) is 0 Å². The Morgan fingerprint density at radius 1 is 0.299 bits per heavy atom. The summed E-state index contributed by atoms with van der Waals surface area (Å²) in [5.74, 6) is 0. The van der Waals surface area contributed by atoms with Gasteiger partial charge in [0.1, 0.15) is 0 Å². The molecule has 2 aliphatic carbocycles. The summed E-state index contributed by atoms with van der Waals surface area (Å²) in [6.45, 7) is 4.78. The minimum absolute atomic E-state index is 0.130. The van der Waals surface area contributed by atoms with Gasteiger partial charge in [0.2, 0.25) is 0 Å². The third-order valence-corrected chi connectivity index (χ3v) is 14.9. The fraction of sp³-hybridized carbons (Fsp3) is 0.0606. The zero-order chi connectivity index (χ0) is 44.7. The smallest absolute Gasteiger partial charge is 0.0719 e. The number of fused-ring (bicyclic) bond motifs is 12. The summed E-state index contributed by atoms with van der Waals surface area (Å²) in [4.78, 5) is 2.41. The van der Waals surface area contributed by atoms with Gasteiger partial charge in [-0.3, -0.25) is 0 Å². The molecule has 67 heavy (non-hydrogen) atoms. The number of para-hydroxylation sites is 1. The Labute approximate surface area is 392 Å². The number of benzene rings is 11. The summed E-state index contributed by atoms with van der Waals surface area (Å²) in [7, 11) is 0. The van der Waals surface area contributed by atoms with E-state index in [1.165, 1.54) is 99.4 Å². The van der Waals surface area contributed by atoms with Crippen LogP contribution in [0, 0.1) is 0 Å². The van der Waals surface area contributed by atoms with Gasteiger partial charge in [-0.25, -0.2) is 0 Å². The number of rotatable bonds is 6. The molecule has 0 aliphatic heterocycles. The van der Waals surface area contributed by atoms with Crippen LogP contribution in [0.1, 0.15) is 47.2 Å². The Bertz CT molecular complexity index is 3660. The highest BCUT2D eigenvalue weighted by Gasteiger charge is 2.53. The van der Waals surface area contributed by atoms with Crippen LogP contribution in [0.25, 0.3) is 66.1 Å². The molecule has 1 heteroatoms. The second-order valence-electron chi connectivity index (χ2n) is 18.8. The molecule has 2 aliphatic rings. The Morgan fingerprint density at radius 3 is 1.46 bits per heavy atom. The highest BCUT2D eigenvalue weighted by molar-refractivity contribution is 6.10. The maximum atomic E-state index is 2.41. The average molecular weight is 854 g/mol. The average Bonchev–Trinajstić information content (AvgIpc) is 3.70. The highest BCUT2D eigenvalue weighted by atomic mass is 15.1. The van der Waals surface area contributed by atoms with Gasteiger partial charge in [-0.15, -0.1) is 0 Å². The van der Waals surface area contributed by atoms with Crippen molar-refractivity contribution in [2.75, 3.05) is 4.90 Å². The molecule has 0 radical (unpaired) electrons. The van der Waals surface area contributed by atoms with Gasteiger partial charge in [0, 0.05) is 22.4 Å². The van der Waals surface area contributed by atoms with Crippen molar-refractivity contribution in [3.8, 4) is 44.5 Å². The van der Waals surface area contributed by atoms with Crippen molar-refractivity contribution >= 4 is 38.6 Å². The molecular formula is C66H47N. The lowest BCUT2D eigenvalue weighted by molar-refractivity contribution is 0.563. The Hall–Kier alpha value is -8.26. The van der Waals surface area contributed by atoms with Crippen LogP contribution < -0.4 is 4.90 Å². The first-order valence-corrected chi connectivity index (χ1v) is 23.5. The lowest BCUT2D eigenvalue weighted by atomic mass is 9.55. The second-order valence-corrected chi connectivity index (χ2v) is 18.8. The van der Waals surface area contributed by atoms with Gasteiger partial charge in [-0.2, -0.15) is 0 Å². The molecule has 0 N–H and O–H groups in total. The minimum Gasteiger partial charge on any atom is -0.310 e. The minimum atomic E-state index is -0.422. The molecule has 0 heterocycles. The molecule has 0 aromatic heterocycles. The van der Waals surface area contributed by atoms with Crippen LogP contribution >= 0.6 is 0 Å². The molecule has 13 rings (SSSR count). The first kappa shape index (κ1) is 39.1. The van der Waals surface area contributed by atoms with Crippen molar-refractivity contribution in [3.63, 3.8) is 0 Å². The first-order chi connectivity index (χ1) is 33.0. The van der Waals surface area contributed by atoms with Gasteiger partial charge >= 0.3 is 0 Å². The van der Waals surface area contributed by atoms with Crippen molar-refractivity contribution in [1.29, 1.82) is 0 Å². The zero-order valence-corrected chi connectivity index (χ0v) is 37.6. The molecule has 0 fully saturated rings. The van der Waals surface area contributed by atoms with E-state index in [9.17, 15) is 0 Å². The van der Waals surface area contributed by atoms with Gasteiger partial charge in [0.25, 0.3) is 0 Å². The van der Waals surface area contributed by atoms with Crippen LogP contribution in [0.15, 0.2) is 249 Å². The molecule has 11 aromatic rings. The number of nitrogens with zero attached hydrogens (tertiary/aromatic N) is 1. The molecule has 0 atom stereocenters. The third-order valence-electron chi connectivity index (χ3n) is 14.9. The summed E-state index contributed by atoms with van der Waals surface area (Å²) in [5.41, 5.74) is 21.0. The molecule has 316 valence electrons. The van der Waals surface area contributed by atoms with E-state index >= 15 is 0 Å². The van der Waals surface area contributed by atoms with E-state index in [1.807, 2.05) is 0 Å². The molecule has 1 spiro atoms. The van der Waals surface area contributed by atoms with Crippen molar-refractivity contribution in [3.05, 3.63) is 282 Å². The Morgan fingerprint density at radius 2 is 0.776 bits per heavy atom. The van der Waals surface area contributed by atoms with Gasteiger partial charge in [0.05, 0.1) is 11.1 Å². The fourth-order valence-electron chi connectivity index (χ4n) is 11.9. The molecule has 0 saturated heterocycles. The van der Waals surface area contributed by atoms with Gasteiger partial charge in [-0.1, -0.05) is 226 Å². The third kappa shape index (κ3) is 5.88. The van der Waals surface area contributed by atoms with E-state index in [0.717, 1.165) is 17.1 Å². The molecule has 0 unspecified atom stereocenters. The summed E-state index contributed by atoms with van der Waals surface area (Å²) >= 11 is 0. The van der Waals surface area contributed by atoms with Crippen LogP contribution in [0.4, 0.5) is 17.1 Å². The van der Waals surface area contributed by atoms with Crippen LogP contribution in [-0.2, 0) is 10.8 Å². The van der Waals surface area contributed by atoms with Gasteiger partial charge < -0.3 is 4.90 Å². The SMILES string of the molecule is CC1(C)c2ccccc2C2(c3ccccc3-c3c(-c4ccc5c(ccc6cc(N(c7ccc(-c8ccccc8)cc7)c7ccccc7-c7ccccc7)ccc65)c4)cccc32)c2ccccc21. The standard InChI is InChI=1S/C66H47N/c1-65(2)58-26-12-14-28-60(58)66(61-29-15-13-27-59(61)65)57-25-11-9-23-56(57)64-55(24-17-30-62(64)66)48-36-40-52-47(42-48)32-33-49-43-51(39-41-53(49)52)67(50-37-34-45(35-38-50)44-18-5-3-6-19-44)63-31-16-10-22-54(63)46-20-7-4-8-21-46/h3-43H,1-2H3. The molecule has 11 aromatic carbocycles. The summed E-state index contributed by atoms with van der Waals surface area (Å²) in [6.07, 6.45) is 0. The number of hydrogen-bond acceptors (Lipinski definition) is 1. The summed E-state index contributed by atoms with van der Waals surface area (Å²) in [5, 5.41) is 4.92. The molecule has 0 bridgehead atoms. The fourth-order valence-corrected chi connectivity index (χ4v) is 11.9.